The third-order valence-corrected chi connectivity index (χ3v) is 6.62. The third-order valence-electron chi connectivity index (χ3n) is 5.02. The standard InChI is InChI=1S/C20H23F2NO3S/c1-2-17-19(27(25,26)23-15-7-9-16(24)10-8-15)12-11-18(20(17)22)13-3-5-14(21)6-4-13/h3-6,11-12,15-16,23-24H,2,7-10H2,1H3. The molecule has 0 bridgehead atoms. The molecule has 0 unspecified atom stereocenters. The Hall–Kier alpha value is -1.83. The van der Waals surface area contributed by atoms with Crippen LogP contribution in [0.25, 0.3) is 11.1 Å². The van der Waals surface area contributed by atoms with Crippen molar-refractivity contribution in [2.24, 2.45) is 0 Å². The number of rotatable bonds is 5. The van der Waals surface area contributed by atoms with Crippen LogP contribution in [-0.4, -0.2) is 25.7 Å². The van der Waals surface area contributed by atoms with Crippen molar-refractivity contribution in [3.8, 4) is 11.1 Å². The van der Waals surface area contributed by atoms with Crippen LogP contribution in [0.2, 0.25) is 0 Å². The van der Waals surface area contributed by atoms with Crippen molar-refractivity contribution in [2.75, 3.05) is 0 Å². The van der Waals surface area contributed by atoms with Crippen LogP contribution in [0.5, 0.6) is 0 Å². The van der Waals surface area contributed by atoms with Gasteiger partial charge in [-0.25, -0.2) is 21.9 Å². The van der Waals surface area contributed by atoms with Gasteiger partial charge in [0.05, 0.1) is 11.0 Å². The van der Waals surface area contributed by atoms with Crippen molar-refractivity contribution < 1.29 is 22.3 Å². The SMILES string of the molecule is CCc1c(S(=O)(=O)NC2CCC(O)CC2)ccc(-c2ccc(F)cc2)c1F. The number of benzene rings is 2. The molecule has 0 aromatic heterocycles. The van der Waals surface area contributed by atoms with Gasteiger partial charge in [-0.05, 0) is 55.9 Å². The first kappa shape index (κ1) is 19.9. The maximum absolute atomic E-state index is 15.1. The molecule has 2 N–H and O–H groups in total. The molecule has 4 nitrogen and oxygen atoms in total. The number of hydrogen-bond acceptors (Lipinski definition) is 3. The Labute approximate surface area is 158 Å². The van der Waals surface area contributed by atoms with Crippen molar-refractivity contribution >= 4 is 10.0 Å². The van der Waals surface area contributed by atoms with E-state index in [4.69, 9.17) is 0 Å². The molecule has 0 amide bonds. The molecule has 1 fully saturated rings. The van der Waals surface area contributed by atoms with E-state index in [0.717, 1.165) is 0 Å². The highest BCUT2D eigenvalue weighted by molar-refractivity contribution is 7.89. The summed E-state index contributed by atoms with van der Waals surface area (Å²) >= 11 is 0. The van der Waals surface area contributed by atoms with Gasteiger partial charge >= 0.3 is 0 Å². The molecule has 27 heavy (non-hydrogen) atoms. The average Bonchev–Trinajstić information content (AvgIpc) is 2.64. The topological polar surface area (TPSA) is 66.4 Å². The number of nitrogens with one attached hydrogen (secondary N) is 1. The van der Waals surface area contributed by atoms with E-state index < -0.39 is 21.7 Å². The summed E-state index contributed by atoms with van der Waals surface area (Å²) in [5.74, 6) is -1.03. The van der Waals surface area contributed by atoms with Gasteiger partial charge in [0.2, 0.25) is 10.0 Å². The third kappa shape index (κ3) is 4.36. The lowest BCUT2D eigenvalue weighted by atomic mass is 9.94. The number of aliphatic hydroxyl groups excluding tert-OH is 1. The lowest BCUT2D eigenvalue weighted by Crippen LogP contribution is -2.38. The van der Waals surface area contributed by atoms with Crippen LogP contribution in [0.3, 0.4) is 0 Å². The minimum absolute atomic E-state index is 0.0699. The van der Waals surface area contributed by atoms with Gasteiger partial charge in [-0.15, -0.1) is 0 Å². The summed E-state index contributed by atoms with van der Waals surface area (Å²) < 4.78 is 56.5. The van der Waals surface area contributed by atoms with Gasteiger partial charge in [0.25, 0.3) is 0 Å². The van der Waals surface area contributed by atoms with E-state index >= 15 is 4.39 Å². The zero-order valence-corrected chi connectivity index (χ0v) is 15.9. The van der Waals surface area contributed by atoms with E-state index in [1.807, 2.05) is 0 Å². The van der Waals surface area contributed by atoms with Crippen LogP contribution in [0.4, 0.5) is 8.78 Å². The summed E-state index contributed by atoms with van der Waals surface area (Å²) in [7, 11) is -3.88. The van der Waals surface area contributed by atoms with Gasteiger partial charge in [0, 0.05) is 17.2 Å². The number of aliphatic hydroxyl groups is 1. The maximum Gasteiger partial charge on any atom is 0.241 e. The Kier molecular flexibility index (Phi) is 5.93. The van der Waals surface area contributed by atoms with Gasteiger partial charge in [-0.3, -0.25) is 0 Å². The summed E-state index contributed by atoms with van der Waals surface area (Å²) in [6.45, 7) is 1.70. The molecule has 1 saturated carbocycles. The highest BCUT2D eigenvalue weighted by Gasteiger charge is 2.28. The lowest BCUT2D eigenvalue weighted by Gasteiger charge is -2.26. The molecule has 0 aliphatic heterocycles. The first-order chi connectivity index (χ1) is 12.8. The molecule has 0 saturated heterocycles. The predicted octanol–water partition coefficient (Wildman–Crippen LogP) is 3.78. The Morgan fingerprint density at radius 3 is 2.26 bits per heavy atom. The van der Waals surface area contributed by atoms with E-state index in [1.165, 1.54) is 36.4 Å². The summed E-state index contributed by atoms with van der Waals surface area (Å²) in [5, 5.41) is 9.57. The summed E-state index contributed by atoms with van der Waals surface area (Å²) in [6.07, 6.45) is 2.03. The predicted molar refractivity (Wildman–Crippen MR) is 99.8 cm³/mol. The van der Waals surface area contributed by atoms with Crippen LogP contribution in [0.15, 0.2) is 41.3 Å². The normalized spacial score (nSPS) is 20.6. The minimum Gasteiger partial charge on any atom is -0.393 e. The van der Waals surface area contributed by atoms with Gasteiger partial charge < -0.3 is 5.11 Å². The van der Waals surface area contributed by atoms with Crippen molar-refractivity contribution in [2.45, 2.75) is 56.1 Å². The monoisotopic (exact) mass is 395 g/mol. The van der Waals surface area contributed by atoms with Crippen LogP contribution in [-0.2, 0) is 16.4 Å². The molecule has 146 valence electrons. The van der Waals surface area contributed by atoms with Crippen molar-refractivity contribution in [3.63, 3.8) is 0 Å². The number of halogens is 2. The van der Waals surface area contributed by atoms with E-state index in [-0.39, 0.29) is 34.6 Å². The molecule has 1 aliphatic rings. The van der Waals surface area contributed by atoms with Gasteiger partial charge in [0.1, 0.15) is 11.6 Å². The summed E-state index contributed by atoms with van der Waals surface area (Å²) in [6, 6.07) is 7.97. The number of hydrogen-bond donors (Lipinski definition) is 2. The number of sulfonamides is 1. The molecule has 0 heterocycles. The zero-order valence-electron chi connectivity index (χ0n) is 15.1. The first-order valence-corrected chi connectivity index (χ1v) is 10.6. The van der Waals surface area contributed by atoms with Crippen LogP contribution in [0, 0.1) is 11.6 Å². The highest BCUT2D eigenvalue weighted by Crippen LogP contribution is 2.30. The van der Waals surface area contributed by atoms with Gasteiger partial charge in [-0.2, -0.15) is 0 Å². The molecule has 2 aromatic rings. The van der Waals surface area contributed by atoms with E-state index in [9.17, 15) is 17.9 Å². The van der Waals surface area contributed by atoms with Gasteiger partial charge in [0.15, 0.2) is 0 Å². The van der Waals surface area contributed by atoms with Gasteiger partial charge in [-0.1, -0.05) is 25.1 Å². The van der Waals surface area contributed by atoms with E-state index in [1.54, 1.807) is 6.92 Å². The van der Waals surface area contributed by atoms with Crippen molar-refractivity contribution in [1.29, 1.82) is 0 Å². The second-order valence-corrected chi connectivity index (χ2v) is 8.57. The molecule has 0 spiro atoms. The second-order valence-electron chi connectivity index (χ2n) is 6.89. The summed E-state index contributed by atoms with van der Waals surface area (Å²) in [4.78, 5) is -0.0699. The summed E-state index contributed by atoms with van der Waals surface area (Å²) in [5.41, 5.74) is 0.841. The largest absolute Gasteiger partial charge is 0.393 e. The molecular weight excluding hydrogens is 372 g/mol. The van der Waals surface area contributed by atoms with Crippen LogP contribution >= 0.6 is 0 Å². The fourth-order valence-corrected chi connectivity index (χ4v) is 5.12. The molecule has 0 radical (unpaired) electrons. The van der Waals surface area contributed by atoms with E-state index in [2.05, 4.69) is 4.72 Å². The fraction of sp³-hybridized carbons (Fsp3) is 0.400. The zero-order chi connectivity index (χ0) is 19.6. The van der Waals surface area contributed by atoms with Crippen molar-refractivity contribution in [1.82, 2.24) is 4.72 Å². The molecular formula is C20H23F2NO3S. The lowest BCUT2D eigenvalue weighted by molar-refractivity contribution is 0.120. The smallest absolute Gasteiger partial charge is 0.241 e. The molecule has 0 atom stereocenters. The first-order valence-electron chi connectivity index (χ1n) is 9.09. The minimum atomic E-state index is -3.88. The Morgan fingerprint density at radius 1 is 1.04 bits per heavy atom. The van der Waals surface area contributed by atoms with Crippen molar-refractivity contribution in [3.05, 3.63) is 53.6 Å². The van der Waals surface area contributed by atoms with Crippen LogP contribution in [0.1, 0.15) is 38.2 Å². The Bertz CT molecular complexity index is 906. The average molecular weight is 395 g/mol. The Balaban J connectivity index is 1.93. The molecule has 1 aliphatic carbocycles. The Morgan fingerprint density at radius 2 is 1.67 bits per heavy atom. The highest BCUT2D eigenvalue weighted by atomic mass is 32.2. The maximum atomic E-state index is 15.1. The second kappa shape index (κ2) is 8.04. The molecule has 3 rings (SSSR count). The quantitative estimate of drug-likeness (QED) is 0.810. The molecule has 2 aromatic carbocycles. The molecule has 7 heteroatoms. The fourth-order valence-electron chi connectivity index (χ4n) is 3.51. The van der Waals surface area contributed by atoms with E-state index in [0.29, 0.717) is 31.2 Å². The van der Waals surface area contributed by atoms with Crippen LogP contribution < -0.4 is 4.72 Å².